The van der Waals surface area contributed by atoms with Crippen LogP contribution in [-0.2, 0) is 4.79 Å². The van der Waals surface area contributed by atoms with Crippen molar-refractivity contribution in [2.75, 3.05) is 7.11 Å². The fourth-order valence-corrected chi connectivity index (χ4v) is 1.52. The molecule has 0 fully saturated rings. The summed E-state index contributed by atoms with van der Waals surface area (Å²) >= 11 is 0. The molecule has 1 aromatic carbocycles. The summed E-state index contributed by atoms with van der Waals surface area (Å²) in [6.45, 7) is 3.97. The van der Waals surface area contributed by atoms with Gasteiger partial charge in [-0.05, 0) is 23.6 Å². The van der Waals surface area contributed by atoms with Crippen molar-refractivity contribution in [3.8, 4) is 11.5 Å². The van der Waals surface area contributed by atoms with Gasteiger partial charge >= 0.3 is 0 Å². The maximum Gasteiger partial charge on any atom is 0.160 e. The average molecular weight is 208 g/mol. The molecule has 0 saturated heterocycles. The van der Waals surface area contributed by atoms with Crippen LogP contribution in [0.1, 0.15) is 25.3 Å². The number of phenols is 1. The molecule has 82 valence electrons. The van der Waals surface area contributed by atoms with E-state index in [2.05, 4.69) is 0 Å². The number of methoxy groups -OCH3 is 1. The SMILES string of the molecule is COc1cc(C(C=O)C(C)C)ccc1O. The van der Waals surface area contributed by atoms with Gasteiger partial charge in [0.1, 0.15) is 6.29 Å². The average Bonchev–Trinajstić information content (AvgIpc) is 2.21. The molecule has 1 atom stereocenters. The third-order valence-corrected chi connectivity index (χ3v) is 2.45. The first-order valence-electron chi connectivity index (χ1n) is 4.92. The van der Waals surface area contributed by atoms with E-state index in [1.165, 1.54) is 7.11 Å². The lowest BCUT2D eigenvalue weighted by Crippen LogP contribution is -2.08. The summed E-state index contributed by atoms with van der Waals surface area (Å²) in [5.74, 6) is 0.575. The zero-order valence-electron chi connectivity index (χ0n) is 9.23. The third-order valence-electron chi connectivity index (χ3n) is 2.45. The minimum atomic E-state index is -0.153. The van der Waals surface area contributed by atoms with Crippen LogP contribution in [0.2, 0.25) is 0 Å². The van der Waals surface area contributed by atoms with Crippen molar-refractivity contribution in [1.29, 1.82) is 0 Å². The van der Waals surface area contributed by atoms with Gasteiger partial charge in [0.05, 0.1) is 7.11 Å². The quantitative estimate of drug-likeness (QED) is 0.772. The predicted octanol–water partition coefficient (Wildman–Crippen LogP) is 2.34. The monoisotopic (exact) mass is 208 g/mol. The second-order valence-electron chi connectivity index (χ2n) is 3.84. The van der Waals surface area contributed by atoms with Crippen LogP contribution in [0.25, 0.3) is 0 Å². The highest BCUT2D eigenvalue weighted by Gasteiger charge is 2.16. The Hall–Kier alpha value is -1.51. The lowest BCUT2D eigenvalue weighted by Gasteiger charge is -2.15. The lowest BCUT2D eigenvalue weighted by molar-refractivity contribution is -0.109. The van der Waals surface area contributed by atoms with Crippen LogP contribution < -0.4 is 4.74 Å². The van der Waals surface area contributed by atoms with Crippen LogP contribution in [-0.4, -0.2) is 18.5 Å². The molecule has 0 aliphatic rings. The number of ether oxygens (including phenoxy) is 1. The van der Waals surface area contributed by atoms with Crippen molar-refractivity contribution >= 4 is 6.29 Å². The number of aldehydes is 1. The van der Waals surface area contributed by atoms with Gasteiger partial charge in [0.15, 0.2) is 11.5 Å². The number of benzene rings is 1. The van der Waals surface area contributed by atoms with E-state index in [4.69, 9.17) is 4.74 Å². The van der Waals surface area contributed by atoms with Crippen molar-refractivity contribution in [1.82, 2.24) is 0 Å². The van der Waals surface area contributed by atoms with Gasteiger partial charge in [-0.25, -0.2) is 0 Å². The number of hydrogen-bond donors (Lipinski definition) is 1. The molecule has 0 bridgehead atoms. The molecule has 0 aliphatic heterocycles. The van der Waals surface area contributed by atoms with Crippen molar-refractivity contribution in [2.24, 2.45) is 5.92 Å². The second-order valence-corrected chi connectivity index (χ2v) is 3.84. The molecule has 3 heteroatoms. The first-order valence-corrected chi connectivity index (χ1v) is 4.92. The van der Waals surface area contributed by atoms with Crippen LogP contribution in [0.5, 0.6) is 11.5 Å². The van der Waals surface area contributed by atoms with Crippen molar-refractivity contribution in [3.05, 3.63) is 23.8 Å². The van der Waals surface area contributed by atoms with Gasteiger partial charge in [-0.2, -0.15) is 0 Å². The summed E-state index contributed by atoms with van der Waals surface area (Å²) in [6.07, 6.45) is 0.927. The third kappa shape index (κ3) is 2.49. The Morgan fingerprint density at radius 3 is 2.53 bits per heavy atom. The maximum absolute atomic E-state index is 10.9. The Balaban J connectivity index is 3.08. The summed E-state index contributed by atoms with van der Waals surface area (Å²) in [6, 6.07) is 5.00. The Bertz CT molecular complexity index is 345. The summed E-state index contributed by atoms with van der Waals surface area (Å²) in [7, 11) is 1.49. The largest absolute Gasteiger partial charge is 0.504 e. The standard InChI is InChI=1S/C12H16O3/c1-8(2)10(7-13)9-4-5-11(14)12(6-9)15-3/h4-8,10,14H,1-3H3. The molecule has 1 rings (SSSR count). The van der Waals surface area contributed by atoms with E-state index in [9.17, 15) is 9.90 Å². The summed E-state index contributed by atoms with van der Waals surface area (Å²) < 4.78 is 4.99. The first-order chi connectivity index (χ1) is 7.10. The van der Waals surface area contributed by atoms with Crippen molar-refractivity contribution in [3.63, 3.8) is 0 Å². The van der Waals surface area contributed by atoms with Gasteiger partial charge in [0, 0.05) is 5.92 Å². The number of hydrogen-bond acceptors (Lipinski definition) is 3. The maximum atomic E-state index is 10.9. The summed E-state index contributed by atoms with van der Waals surface area (Å²) in [5, 5.41) is 9.41. The van der Waals surface area contributed by atoms with E-state index in [0.717, 1.165) is 11.8 Å². The van der Waals surface area contributed by atoms with Gasteiger partial charge in [-0.1, -0.05) is 19.9 Å². The van der Waals surface area contributed by atoms with Crippen LogP contribution in [0.4, 0.5) is 0 Å². The van der Waals surface area contributed by atoms with E-state index >= 15 is 0 Å². The van der Waals surface area contributed by atoms with E-state index < -0.39 is 0 Å². The van der Waals surface area contributed by atoms with Crippen molar-refractivity contribution < 1.29 is 14.6 Å². The van der Waals surface area contributed by atoms with E-state index in [1.807, 2.05) is 13.8 Å². The minimum Gasteiger partial charge on any atom is -0.504 e. The van der Waals surface area contributed by atoms with Gasteiger partial charge < -0.3 is 14.6 Å². The van der Waals surface area contributed by atoms with Gasteiger partial charge in [0.2, 0.25) is 0 Å². The molecule has 0 saturated carbocycles. The fourth-order valence-electron chi connectivity index (χ4n) is 1.52. The van der Waals surface area contributed by atoms with Crippen LogP contribution in [0.3, 0.4) is 0 Å². The molecule has 0 radical (unpaired) electrons. The van der Waals surface area contributed by atoms with Crippen LogP contribution >= 0.6 is 0 Å². The number of carbonyl (C=O) groups excluding carboxylic acids is 1. The molecule has 15 heavy (non-hydrogen) atoms. The van der Waals surface area contributed by atoms with Crippen LogP contribution in [0, 0.1) is 5.92 Å². The summed E-state index contributed by atoms with van der Waals surface area (Å²) in [5.41, 5.74) is 0.870. The Morgan fingerprint density at radius 1 is 1.40 bits per heavy atom. The first kappa shape index (κ1) is 11.6. The highest BCUT2D eigenvalue weighted by atomic mass is 16.5. The van der Waals surface area contributed by atoms with Gasteiger partial charge in [-0.15, -0.1) is 0 Å². The van der Waals surface area contributed by atoms with Gasteiger partial charge in [-0.3, -0.25) is 0 Å². The Kier molecular flexibility index (Phi) is 3.72. The molecule has 0 amide bonds. The molecule has 3 nitrogen and oxygen atoms in total. The number of phenolic OH excluding ortho intramolecular Hbond substituents is 1. The predicted molar refractivity (Wildman–Crippen MR) is 58.3 cm³/mol. The molecular formula is C12H16O3. The minimum absolute atomic E-state index is 0.0923. The highest BCUT2D eigenvalue weighted by Crippen LogP contribution is 2.31. The smallest absolute Gasteiger partial charge is 0.160 e. The second kappa shape index (κ2) is 4.82. The topological polar surface area (TPSA) is 46.5 Å². The number of rotatable bonds is 4. The number of aromatic hydroxyl groups is 1. The van der Waals surface area contributed by atoms with Gasteiger partial charge in [0.25, 0.3) is 0 Å². The zero-order chi connectivity index (χ0) is 11.4. The molecule has 0 aliphatic carbocycles. The number of carbonyl (C=O) groups is 1. The molecule has 1 aromatic rings. The summed E-state index contributed by atoms with van der Waals surface area (Å²) in [4.78, 5) is 10.9. The Labute approximate surface area is 89.7 Å². The fraction of sp³-hybridized carbons (Fsp3) is 0.417. The molecular weight excluding hydrogens is 192 g/mol. The zero-order valence-corrected chi connectivity index (χ0v) is 9.23. The molecule has 1 N–H and O–H groups in total. The molecule has 0 spiro atoms. The Morgan fingerprint density at radius 2 is 2.07 bits per heavy atom. The van der Waals surface area contributed by atoms with E-state index in [-0.39, 0.29) is 17.6 Å². The highest BCUT2D eigenvalue weighted by molar-refractivity contribution is 5.63. The van der Waals surface area contributed by atoms with E-state index in [0.29, 0.717) is 5.75 Å². The van der Waals surface area contributed by atoms with Crippen molar-refractivity contribution in [2.45, 2.75) is 19.8 Å². The molecule has 1 unspecified atom stereocenters. The van der Waals surface area contributed by atoms with E-state index in [1.54, 1.807) is 18.2 Å². The van der Waals surface area contributed by atoms with Crippen LogP contribution in [0.15, 0.2) is 18.2 Å². The lowest BCUT2D eigenvalue weighted by atomic mass is 9.90. The molecule has 0 heterocycles. The molecule has 0 aromatic heterocycles. The normalized spacial score (nSPS) is 12.5.